The number of carbonyl (C=O) groups is 1. The Kier molecular flexibility index (Phi) is 8.29. The third kappa shape index (κ3) is 5.33. The second-order valence-electron chi connectivity index (χ2n) is 5.96. The van der Waals surface area contributed by atoms with Gasteiger partial charge in [-0.25, -0.2) is 0 Å². The average molecular weight is 362 g/mol. The summed E-state index contributed by atoms with van der Waals surface area (Å²) < 4.78 is 0. The van der Waals surface area contributed by atoms with Gasteiger partial charge in [0.15, 0.2) is 0 Å². The number of aliphatic hydroxyl groups is 1. The van der Waals surface area contributed by atoms with Crippen LogP contribution < -0.4 is 10.6 Å². The quantitative estimate of drug-likeness (QED) is 0.750. The fraction of sp³-hybridized carbons (Fsp3) is 0.562. The molecular formula is C16H25Cl2N3O2. The van der Waals surface area contributed by atoms with E-state index in [0.29, 0.717) is 13.0 Å². The van der Waals surface area contributed by atoms with Crippen molar-refractivity contribution in [2.45, 2.75) is 38.1 Å². The summed E-state index contributed by atoms with van der Waals surface area (Å²) in [6.45, 7) is 4.04. The topological polar surface area (TPSA) is 64.6 Å². The molecule has 0 unspecified atom stereocenters. The summed E-state index contributed by atoms with van der Waals surface area (Å²) in [4.78, 5) is 14.3. The largest absolute Gasteiger partial charge is 0.390 e. The maximum Gasteiger partial charge on any atom is 0.221 e. The zero-order valence-corrected chi connectivity index (χ0v) is 14.7. The first kappa shape index (κ1) is 20.2. The molecular weight excluding hydrogens is 337 g/mol. The molecule has 5 nitrogen and oxygen atoms in total. The molecule has 0 radical (unpaired) electrons. The van der Waals surface area contributed by atoms with Gasteiger partial charge in [0.05, 0.1) is 12.1 Å². The Labute approximate surface area is 149 Å². The van der Waals surface area contributed by atoms with Gasteiger partial charge in [-0.05, 0) is 24.1 Å². The van der Waals surface area contributed by atoms with E-state index < -0.39 is 6.10 Å². The molecule has 0 bridgehead atoms. The zero-order valence-electron chi connectivity index (χ0n) is 13.0. The minimum Gasteiger partial charge on any atom is -0.390 e. The number of nitrogens with one attached hydrogen (secondary N) is 2. The van der Waals surface area contributed by atoms with Crippen LogP contribution in [0.15, 0.2) is 24.3 Å². The van der Waals surface area contributed by atoms with E-state index in [-0.39, 0.29) is 36.8 Å². The number of piperidine rings is 1. The molecule has 130 valence electrons. The highest BCUT2D eigenvalue weighted by atomic mass is 35.5. The van der Waals surface area contributed by atoms with Crippen molar-refractivity contribution in [2.24, 2.45) is 0 Å². The molecule has 2 heterocycles. The number of halogens is 2. The van der Waals surface area contributed by atoms with E-state index >= 15 is 0 Å². The molecule has 0 saturated carbocycles. The van der Waals surface area contributed by atoms with Gasteiger partial charge in [0.1, 0.15) is 0 Å². The van der Waals surface area contributed by atoms with Gasteiger partial charge in [-0.2, -0.15) is 0 Å². The van der Waals surface area contributed by atoms with Crippen molar-refractivity contribution in [3.63, 3.8) is 0 Å². The van der Waals surface area contributed by atoms with Crippen LogP contribution in [0.3, 0.4) is 0 Å². The number of nitrogens with zero attached hydrogens (tertiary/aromatic N) is 1. The molecule has 0 aromatic heterocycles. The summed E-state index contributed by atoms with van der Waals surface area (Å²) in [7, 11) is 0. The van der Waals surface area contributed by atoms with Gasteiger partial charge in [0.2, 0.25) is 5.91 Å². The van der Waals surface area contributed by atoms with Gasteiger partial charge in [-0.15, -0.1) is 24.8 Å². The van der Waals surface area contributed by atoms with Crippen LogP contribution in [-0.4, -0.2) is 47.7 Å². The first-order valence-electron chi connectivity index (χ1n) is 7.69. The number of fused-ring (bicyclic) bond motifs is 1. The zero-order chi connectivity index (χ0) is 14.7. The summed E-state index contributed by atoms with van der Waals surface area (Å²) in [5, 5.41) is 15.9. The van der Waals surface area contributed by atoms with E-state index in [1.807, 2.05) is 0 Å². The highest BCUT2D eigenvalue weighted by Crippen LogP contribution is 2.21. The molecule has 1 aromatic rings. The Morgan fingerprint density at radius 3 is 2.52 bits per heavy atom. The second kappa shape index (κ2) is 9.45. The molecule has 2 atom stereocenters. The Morgan fingerprint density at radius 2 is 1.91 bits per heavy atom. The van der Waals surface area contributed by atoms with Crippen molar-refractivity contribution in [2.75, 3.05) is 19.6 Å². The van der Waals surface area contributed by atoms with Gasteiger partial charge in [0.25, 0.3) is 0 Å². The summed E-state index contributed by atoms with van der Waals surface area (Å²) in [5.74, 6) is 0.0388. The standard InChI is InChI=1S/C16H23N3O2.2ClH/c20-15-9-17-7-5-14(15)18-16(21)6-8-19-10-12-3-1-2-4-13(12)11-19;;/h1-4,14-15,17,20H,5-11H2,(H,18,21);2*1H/t14-,15-;;/m1../s1. The Morgan fingerprint density at radius 1 is 1.26 bits per heavy atom. The van der Waals surface area contributed by atoms with E-state index in [4.69, 9.17) is 0 Å². The third-order valence-corrected chi connectivity index (χ3v) is 4.36. The number of aliphatic hydroxyl groups excluding tert-OH is 1. The van der Waals surface area contributed by atoms with Gasteiger partial charge in [-0.1, -0.05) is 24.3 Å². The number of benzene rings is 1. The molecule has 0 spiro atoms. The summed E-state index contributed by atoms with van der Waals surface area (Å²) in [6.07, 6.45) is 0.811. The lowest BCUT2D eigenvalue weighted by atomic mass is 10.0. The minimum absolute atomic E-state index is 0. The first-order chi connectivity index (χ1) is 10.2. The highest BCUT2D eigenvalue weighted by molar-refractivity contribution is 5.85. The van der Waals surface area contributed by atoms with Crippen LogP contribution in [0.4, 0.5) is 0 Å². The molecule has 1 amide bonds. The van der Waals surface area contributed by atoms with Crippen molar-refractivity contribution in [3.8, 4) is 0 Å². The van der Waals surface area contributed by atoms with Crippen molar-refractivity contribution < 1.29 is 9.90 Å². The summed E-state index contributed by atoms with van der Waals surface area (Å²) >= 11 is 0. The number of rotatable bonds is 4. The second-order valence-corrected chi connectivity index (χ2v) is 5.96. The Balaban J connectivity index is 0.00000132. The van der Waals surface area contributed by atoms with Crippen LogP contribution in [-0.2, 0) is 17.9 Å². The maximum absolute atomic E-state index is 12.0. The van der Waals surface area contributed by atoms with Gasteiger partial charge in [-0.3, -0.25) is 9.69 Å². The number of amides is 1. The maximum atomic E-state index is 12.0. The molecule has 3 N–H and O–H groups in total. The van der Waals surface area contributed by atoms with Crippen molar-refractivity contribution in [3.05, 3.63) is 35.4 Å². The molecule has 1 aromatic carbocycles. The third-order valence-electron chi connectivity index (χ3n) is 4.36. The molecule has 0 aliphatic carbocycles. The monoisotopic (exact) mass is 361 g/mol. The van der Waals surface area contributed by atoms with E-state index in [1.165, 1.54) is 11.1 Å². The van der Waals surface area contributed by atoms with E-state index in [2.05, 4.69) is 39.8 Å². The van der Waals surface area contributed by atoms with Gasteiger partial charge in [0, 0.05) is 32.6 Å². The van der Waals surface area contributed by atoms with E-state index in [1.54, 1.807) is 0 Å². The van der Waals surface area contributed by atoms with Gasteiger partial charge < -0.3 is 15.7 Å². The molecule has 1 saturated heterocycles. The number of hydrogen-bond acceptors (Lipinski definition) is 4. The van der Waals surface area contributed by atoms with E-state index in [9.17, 15) is 9.90 Å². The van der Waals surface area contributed by atoms with Crippen LogP contribution in [0, 0.1) is 0 Å². The van der Waals surface area contributed by atoms with Crippen LogP contribution in [0.1, 0.15) is 24.0 Å². The Hall–Kier alpha value is -0.850. The molecule has 2 aliphatic rings. The van der Waals surface area contributed by atoms with Gasteiger partial charge >= 0.3 is 0 Å². The smallest absolute Gasteiger partial charge is 0.221 e. The van der Waals surface area contributed by atoms with E-state index in [0.717, 1.165) is 32.6 Å². The van der Waals surface area contributed by atoms with Crippen molar-refractivity contribution in [1.29, 1.82) is 0 Å². The molecule has 2 aliphatic heterocycles. The number of hydrogen-bond donors (Lipinski definition) is 3. The molecule has 23 heavy (non-hydrogen) atoms. The normalized spacial score (nSPS) is 23.3. The predicted octanol–water partition coefficient (Wildman–Crippen LogP) is 1.07. The van der Waals surface area contributed by atoms with Crippen LogP contribution in [0.25, 0.3) is 0 Å². The predicted molar refractivity (Wildman–Crippen MR) is 95.1 cm³/mol. The molecule has 7 heteroatoms. The SMILES string of the molecule is Cl.Cl.O=C(CCN1Cc2ccccc2C1)N[C@@H]1CCNC[C@H]1O. The number of carbonyl (C=O) groups excluding carboxylic acids is 1. The highest BCUT2D eigenvalue weighted by Gasteiger charge is 2.25. The lowest BCUT2D eigenvalue weighted by Crippen LogP contribution is -2.52. The van der Waals surface area contributed by atoms with Crippen LogP contribution in [0.2, 0.25) is 0 Å². The lowest BCUT2D eigenvalue weighted by Gasteiger charge is -2.29. The van der Waals surface area contributed by atoms with Crippen molar-refractivity contribution in [1.82, 2.24) is 15.5 Å². The first-order valence-corrected chi connectivity index (χ1v) is 7.69. The fourth-order valence-electron chi connectivity index (χ4n) is 3.11. The fourth-order valence-corrected chi connectivity index (χ4v) is 3.11. The minimum atomic E-state index is -0.473. The Bertz CT molecular complexity index is 491. The van der Waals surface area contributed by atoms with Crippen LogP contribution in [0.5, 0.6) is 0 Å². The van der Waals surface area contributed by atoms with Crippen molar-refractivity contribution >= 4 is 30.7 Å². The average Bonchev–Trinajstić information content (AvgIpc) is 2.90. The summed E-state index contributed by atoms with van der Waals surface area (Å²) in [6, 6.07) is 8.33. The lowest BCUT2D eigenvalue weighted by molar-refractivity contribution is -0.123. The van der Waals surface area contributed by atoms with Crippen LogP contribution >= 0.6 is 24.8 Å². The molecule has 3 rings (SSSR count). The number of β-amino-alcohol motifs (C(OH)–C–C–N with tert-alkyl or cyclic N) is 1. The molecule has 1 fully saturated rings. The summed E-state index contributed by atoms with van der Waals surface area (Å²) in [5.41, 5.74) is 2.73.